The number of hydrogen-bond acceptors (Lipinski definition) is 3. The van der Waals surface area contributed by atoms with Gasteiger partial charge in [-0.2, -0.15) is 0 Å². The molecule has 1 aliphatic rings. The molecule has 0 unspecified atom stereocenters. The van der Waals surface area contributed by atoms with E-state index in [0.717, 1.165) is 37.5 Å². The minimum atomic E-state index is -4.00. The molecule has 0 aromatic heterocycles. The van der Waals surface area contributed by atoms with Gasteiger partial charge in [0, 0.05) is 6.54 Å². The van der Waals surface area contributed by atoms with E-state index in [0.29, 0.717) is 5.92 Å². The number of carbonyl (C=O) groups is 1. The average Bonchev–Trinajstić information content (AvgIpc) is 3.12. The number of nitrogens with one attached hydrogen (secondary N) is 1. The number of aromatic carboxylic acids is 1. The summed E-state index contributed by atoms with van der Waals surface area (Å²) in [5.74, 6) is -1.70. The molecule has 2 N–H and O–H groups in total. The summed E-state index contributed by atoms with van der Waals surface area (Å²) in [4.78, 5) is 10.1. The first-order valence-electron chi connectivity index (χ1n) is 5.92. The van der Waals surface area contributed by atoms with E-state index in [-0.39, 0.29) is 12.1 Å². The number of benzene rings is 1. The van der Waals surface area contributed by atoms with E-state index >= 15 is 0 Å². The Hall–Kier alpha value is -1.47. The van der Waals surface area contributed by atoms with Crippen LogP contribution in [0.5, 0.6) is 0 Å². The molecule has 0 aliphatic heterocycles. The summed E-state index contributed by atoms with van der Waals surface area (Å²) >= 11 is 0. The predicted molar refractivity (Wildman–Crippen MR) is 65.9 cm³/mol. The van der Waals surface area contributed by atoms with Gasteiger partial charge < -0.3 is 5.11 Å². The van der Waals surface area contributed by atoms with Crippen molar-refractivity contribution in [2.75, 3.05) is 6.54 Å². The topological polar surface area (TPSA) is 83.5 Å². The summed E-state index contributed by atoms with van der Waals surface area (Å²) in [7, 11) is -4.00. The number of sulfonamides is 1. The van der Waals surface area contributed by atoms with Crippen molar-refractivity contribution in [3.8, 4) is 0 Å². The largest absolute Gasteiger partial charge is 0.478 e. The van der Waals surface area contributed by atoms with Gasteiger partial charge in [0.15, 0.2) is 0 Å². The highest BCUT2D eigenvalue weighted by Gasteiger charge is 2.24. The van der Waals surface area contributed by atoms with Crippen molar-refractivity contribution in [2.45, 2.75) is 24.2 Å². The zero-order valence-corrected chi connectivity index (χ0v) is 10.9. The molecule has 0 spiro atoms. The number of carboxylic acid groups (broad SMARTS) is 1. The van der Waals surface area contributed by atoms with Crippen LogP contribution in [0.1, 0.15) is 29.6 Å². The number of rotatable bonds is 6. The van der Waals surface area contributed by atoms with E-state index in [2.05, 4.69) is 4.72 Å². The third kappa shape index (κ3) is 3.51. The van der Waals surface area contributed by atoms with Gasteiger partial charge in [-0.1, -0.05) is 12.8 Å². The van der Waals surface area contributed by atoms with Gasteiger partial charge in [-0.3, -0.25) is 0 Å². The highest BCUT2D eigenvalue weighted by Crippen LogP contribution is 2.31. The summed E-state index contributed by atoms with van der Waals surface area (Å²) in [5, 5.41) is 8.79. The van der Waals surface area contributed by atoms with Crippen molar-refractivity contribution in [3.63, 3.8) is 0 Å². The van der Waals surface area contributed by atoms with Crippen LogP contribution in [-0.2, 0) is 10.0 Å². The fourth-order valence-corrected chi connectivity index (χ4v) is 2.87. The van der Waals surface area contributed by atoms with Crippen molar-refractivity contribution >= 4 is 16.0 Å². The van der Waals surface area contributed by atoms with E-state index in [9.17, 15) is 17.6 Å². The van der Waals surface area contributed by atoms with Crippen LogP contribution in [0, 0.1) is 11.7 Å². The van der Waals surface area contributed by atoms with Gasteiger partial charge in [0.25, 0.3) is 0 Å². The molecule has 2 rings (SSSR count). The minimum Gasteiger partial charge on any atom is -0.478 e. The van der Waals surface area contributed by atoms with Crippen molar-refractivity contribution in [2.24, 2.45) is 5.92 Å². The quantitative estimate of drug-likeness (QED) is 0.832. The van der Waals surface area contributed by atoms with Crippen LogP contribution < -0.4 is 4.72 Å². The van der Waals surface area contributed by atoms with Crippen molar-refractivity contribution in [1.82, 2.24) is 4.72 Å². The molecule has 19 heavy (non-hydrogen) atoms. The van der Waals surface area contributed by atoms with Gasteiger partial charge >= 0.3 is 5.97 Å². The summed E-state index contributed by atoms with van der Waals surface area (Å²) < 4.78 is 39.6. The van der Waals surface area contributed by atoms with Gasteiger partial charge in [-0.25, -0.2) is 22.3 Å². The summed E-state index contributed by atoms with van der Waals surface area (Å²) in [6.07, 6.45) is 2.93. The van der Waals surface area contributed by atoms with E-state index in [1.807, 2.05) is 0 Å². The Kier molecular flexibility index (Phi) is 3.86. The first-order chi connectivity index (χ1) is 8.90. The molecule has 5 nitrogen and oxygen atoms in total. The normalized spacial score (nSPS) is 15.4. The maximum Gasteiger partial charge on any atom is 0.335 e. The summed E-state index contributed by atoms with van der Waals surface area (Å²) in [6.45, 7) is 0.240. The molecule has 0 heterocycles. The monoisotopic (exact) mass is 287 g/mol. The molecule has 0 atom stereocenters. The molecule has 1 aliphatic carbocycles. The fraction of sp³-hybridized carbons (Fsp3) is 0.417. The molecular weight excluding hydrogens is 273 g/mol. The van der Waals surface area contributed by atoms with Crippen molar-refractivity contribution in [1.29, 1.82) is 0 Å². The van der Waals surface area contributed by atoms with Gasteiger partial charge in [-0.05, 0) is 30.5 Å². The maximum absolute atomic E-state index is 13.5. The van der Waals surface area contributed by atoms with E-state index in [1.54, 1.807) is 0 Å². The second-order valence-electron chi connectivity index (χ2n) is 4.58. The molecule has 0 amide bonds. The minimum absolute atomic E-state index is 0.240. The zero-order chi connectivity index (χ0) is 14.0. The molecule has 1 fully saturated rings. The molecule has 1 saturated carbocycles. The molecule has 0 radical (unpaired) electrons. The van der Waals surface area contributed by atoms with E-state index in [1.165, 1.54) is 0 Å². The molecular formula is C12H14FNO4S. The first kappa shape index (κ1) is 14.0. The van der Waals surface area contributed by atoms with Gasteiger partial charge in [-0.15, -0.1) is 0 Å². The van der Waals surface area contributed by atoms with Crippen LogP contribution in [0.25, 0.3) is 0 Å². The SMILES string of the molecule is O=C(O)c1ccc(F)c(S(=O)(=O)NCCC2CC2)c1. The van der Waals surface area contributed by atoms with Crippen LogP contribution in [0.2, 0.25) is 0 Å². The Labute approximate surface area is 110 Å². The molecule has 1 aromatic rings. The van der Waals surface area contributed by atoms with Crippen LogP contribution in [0.4, 0.5) is 4.39 Å². The fourth-order valence-electron chi connectivity index (χ4n) is 1.72. The number of carboxylic acids is 1. The Morgan fingerprint density at radius 1 is 1.42 bits per heavy atom. The second-order valence-corrected chi connectivity index (χ2v) is 6.32. The second kappa shape index (κ2) is 5.26. The highest BCUT2D eigenvalue weighted by atomic mass is 32.2. The number of hydrogen-bond donors (Lipinski definition) is 2. The molecule has 0 bridgehead atoms. The van der Waals surface area contributed by atoms with Crippen LogP contribution in [0.15, 0.2) is 23.1 Å². The lowest BCUT2D eigenvalue weighted by molar-refractivity contribution is 0.0696. The highest BCUT2D eigenvalue weighted by molar-refractivity contribution is 7.89. The van der Waals surface area contributed by atoms with E-state index in [4.69, 9.17) is 5.11 Å². The standard InChI is InChI=1S/C12H14FNO4S/c13-10-4-3-9(12(15)16)7-11(10)19(17,18)14-6-5-8-1-2-8/h3-4,7-8,14H,1-2,5-6H2,(H,15,16). The van der Waals surface area contributed by atoms with E-state index < -0.39 is 26.7 Å². The van der Waals surface area contributed by atoms with Crippen LogP contribution in [-0.4, -0.2) is 26.0 Å². The summed E-state index contributed by atoms with van der Waals surface area (Å²) in [6, 6.07) is 2.71. The zero-order valence-electron chi connectivity index (χ0n) is 10.1. The lowest BCUT2D eigenvalue weighted by atomic mass is 10.2. The van der Waals surface area contributed by atoms with Crippen LogP contribution in [0.3, 0.4) is 0 Å². The maximum atomic E-state index is 13.5. The third-order valence-corrected chi connectivity index (χ3v) is 4.49. The van der Waals surface area contributed by atoms with Gasteiger partial charge in [0.1, 0.15) is 10.7 Å². The van der Waals surface area contributed by atoms with Crippen molar-refractivity contribution in [3.05, 3.63) is 29.6 Å². The molecule has 1 aromatic carbocycles. The Morgan fingerprint density at radius 3 is 2.68 bits per heavy atom. The third-order valence-electron chi connectivity index (χ3n) is 3.01. The Bertz CT molecular complexity index is 596. The Morgan fingerprint density at radius 2 is 2.11 bits per heavy atom. The lowest BCUT2D eigenvalue weighted by Gasteiger charge is -2.08. The predicted octanol–water partition coefficient (Wildman–Crippen LogP) is 1.60. The first-order valence-corrected chi connectivity index (χ1v) is 7.41. The van der Waals surface area contributed by atoms with Crippen LogP contribution >= 0.6 is 0 Å². The average molecular weight is 287 g/mol. The summed E-state index contributed by atoms with van der Waals surface area (Å²) in [5.41, 5.74) is -0.260. The van der Waals surface area contributed by atoms with Crippen molar-refractivity contribution < 1.29 is 22.7 Å². The molecule has 7 heteroatoms. The van der Waals surface area contributed by atoms with Gasteiger partial charge in [0.05, 0.1) is 5.56 Å². The molecule has 0 saturated heterocycles. The van der Waals surface area contributed by atoms with Gasteiger partial charge in [0.2, 0.25) is 10.0 Å². The molecule has 104 valence electrons. The Balaban J connectivity index is 2.17. The number of halogens is 1. The lowest BCUT2D eigenvalue weighted by Crippen LogP contribution is -2.26. The smallest absolute Gasteiger partial charge is 0.335 e.